The number of imidazole rings is 1. The third-order valence-corrected chi connectivity index (χ3v) is 7.14. The molecule has 3 heterocycles. The van der Waals surface area contributed by atoms with Crippen molar-refractivity contribution in [1.82, 2.24) is 14.5 Å². The monoisotopic (exact) mass is 394 g/mol. The van der Waals surface area contributed by atoms with Crippen molar-refractivity contribution in [3.63, 3.8) is 0 Å². The molecular formula is C23H30N4O2. The van der Waals surface area contributed by atoms with E-state index in [0.29, 0.717) is 11.8 Å². The van der Waals surface area contributed by atoms with Crippen LogP contribution in [0.15, 0.2) is 43.0 Å². The lowest BCUT2D eigenvalue weighted by Gasteiger charge is -2.35. The Bertz CT molecular complexity index is 829. The Balaban J connectivity index is 1.24. The highest BCUT2D eigenvalue weighted by molar-refractivity contribution is 5.94. The quantitative estimate of drug-likeness (QED) is 0.870. The summed E-state index contributed by atoms with van der Waals surface area (Å²) < 4.78 is 2.02. The topological polar surface area (TPSA) is 61.6 Å². The van der Waals surface area contributed by atoms with Crippen LogP contribution < -0.4 is 4.90 Å². The van der Waals surface area contributed by atoms with Crippen LogP contribution in [-0.4, -0.2) is 57.7 Å². The van der Waals surface area contributed by atoms with Gasteiger partial charge in [-0.1, -0.05) is 0 Å². The van der Waals surface area contributed by atoms with E-state index in [9.17, 15) is 9.90 Å². The molecule has 0 spiro atoms. The molecule has 1 aliphatic carbocycles. The van der Waals surface area contributed by atoms with E-state index in [2.05, 4.69) is 22.0 Å². The average molecular weight is 395 g/mol. The van der Waals surface area contributed by atoms with E-state index in [-0.39, 0.29) is 18.1 Å². The lowest BCUT2D eigenvalue weighted by Crippen LogP contribution is -2.35. The van der Waals surface area contributed by atoms with Crippen molar-refractivity contribution in [2.45, 2.75) is 44.2 Å². The Morgan fingerprint density at radius 2 is 1.72 bits per heavy atom. The van der Waals surface area contributed by atoms with Gasteiger partial charge in [0.25, 0.3) is 5.91 Å². The number of carbonyl (C=O) groups excluding carboxylic acids is 1. The van der Waals surface area contributed by atoms with Gasteiger partial charge in [-0.05, 0) is 68.2 Å². The predicted octanol–water partition coefficient (Wildman–Crippen LogP) is 2.96. The molecule has 2 aliphatic heterocycles. The molecule has 1 aromatic heterocycles. The van der Waals surface area contributed by atoms with Gasteiger partial charge in [0.1, 0.15) is 0 Å². The maximum absolute atomic E-state index is 13.1. The summed E-state index contributed by atoms with van der Waals surface area (Å²) in [6.07, 6.45) is 10.6. The van der Waals surface area contributed by atoms with Gasteiger partial charge in [0.15, 0.2) is 0 Å². The van der Waals surface area contributed by atoms with Gasteiger partial charge in [0.05, 0.1) is 18.5 Å². The first-order chi connectivity index (χ1) is 14.2. The Labute approximate surface area is 172 Å². The highest BCUT2D eigenvalue weighted by atomic mass is 16.3. The van der Waals surface area contributed by atoms with Crippen LogP contribution in [0.2, 0.25) is 0 Å². The van der Waals surface area contributed by atoms with E-state index in [1.807, 2.05) is 27.8 Å². The van der Waals surface area contributed by atoms with E-state index in [1.54, 1.807) is 12.5 Å². The molecule has 154 valence electrons. The molecule has 3 fully saturated rings. The van der Waals surface area contributed by atoms with Crippen LogP contribution in [0, 0.1) is 11.8 Å². The van der Waals surface area contributed by atoms with Crippen LogP contribution in [0.5, 0.6) is 0 Å². The smallest absolute Gasteiger partial charge is 0.253 e. The Hall–Kier alpha value is -2.34. The summed E-state index contributed by atoms with van der Waals surface area (Å²) in [6, 6.07) is 8.23. The molecule has 6 nitrogen and oxygen atoms in total. The van der Waals surface area contributed by atoms with Crippen molar-refractivity contribution in [2.24, 2.45) is 11.8 Å². The fourth-order valence-electron chi connectivity index (χ4n) is 5.51. The number of aromatic nitrogens is 2. The highest BCUT2D eigenvalue weighted by Crippen LogP contribution is 2.41. The number of nitrogens with zero attached hydrogens (tertiary/aromatic N) is 4. The Kier molecular flexibility index (Phi) is 5.04. The molecule has 2 aromatic rings. The molecule has 4 atom stereocenters. The van der Waals surface area contributed by atoms with Crippen molar-refractivity contribution in [3.05, 3.63) is 48.5 Å². The molecule has 1 N–H and O–H groups in total. The van der Waals surface area contributed by atoms with E-state index < -0.39 is 0 Å². The summed E-state index contributed by atoms with van der Waals surface area (Å²) in [4.78, 5) is 21.6. The molecule has 0 unspecified atom stereocenters. The van der Waals surface area contributed by atoms with Crippen molar-refractivity contribution in [1.29, 1.82) is 0 Å². The molecule has 1 saturated carbocycles. The summed E-state index contributed by atoms with van der Waals surface area (Å²) in [5, 5.41) is 10.6. The average Bonchev–Trinajstić information content (AvgIpc) is 3.43. The highest BCUT2D eigenvalue weighted by Gasteiger charge is 2.43. The number of benzene rings is 1. The lowest BCUT2D eigenvalue weighted by atomic mass is 9.77. The number of piperidine rings is 1. The summed E-state index contributed by atoms with van der Waals surface area (Å²) in [5.74, 6) is 0.960. The van der Waals surface area contributed by atoms with Crippen LogP contribution in [0.4, 0.5) is 5.69 Å². The second kappa shape index (κ2) is 7.82. The largest absolute Gasteiger partial charge is 0.391 e. The molecule has 1 amide bonds. The number of likely N-dealkylation sites (tertiary alicyclic amines) is 1. The zero-order valence-corrected chi connectivity index (χ0v) is 16.9. The van der Waals surface area contributed by atoms with Crippen LogP contribution in [0.3, 0.4) is 0 Å². The Morgan fingerprint density at radius 3 is 2.41 bits per heavy atom. The van der Waals surface area contributed by atoms with Crippen LogP contribution in [-0.2, 0) is 0 Å². The second-order valence-corrected chi connectivity index (χ2v) is 8.94. The fourth-order valence-corrected chi connectivity index (χ4v) is 5.51. The lowest BCUT2D eigenvalue weighted by molar-refractivity contribution is 0.0357. The normalized spacial score (nSPS) is 29.7. The molecular weight excluding hydrogens is 364 g/mol. The van der Waals surface area contributed by atoms with Crippen molar-refractivity contribution < 1.29 is 9.90 Å². The Morgan fingerprint density at radius 1 is 1.00 bits per heavy atom. The van der Waals surface area contributed by atoms with Gasteiger partial charge in [-0.2, -0.15) is 0 Å². The SMILES string of the molecule is O=C(c1ccc(N2CCCCC2)cc1)N1C[C@H]2C[C@@H](n3ccnc3)[C@H](O)C[C@H]2C1. The third kappa shape index (κ3) is 3.66. The number of rotatable bonds is 3. The van der Waals surface area contributed by atoms with Gasteiger partial charge < -0.3 is 19.5 Å². The fraction of sp³-hybridized carbons (Fsp3) is 0.565. The molecule has 29 heavy (non-hydrogen) atoms. The number of carbonyl (C=O) groups is 1. The zero-order valence-electron chi connectivity index (χ0n) is 16.9. The minimum Gasteiger partial charge on any atom is -0.391 e. The molecule has 0 bridgehead atoms. The maximum atomic E-state index is 13.1. The third-order valence-electron chi connectivity index (χ3n) is 7.14. The van der Waals surface area contributed by atoms with Crippen LogP contribution in [0.1, 0.15) is 48.5 Å². The second-order valence-electron chi connectivity index (χ2n) is 8.94. The van der Waals surface area contributed by atoms with Gasteiger partial charge in [0.2, 0.25) is 0 Å². The first-order valence-electron chi connectivity index (χ1n) is 11.0. The van der Waals surface area contributed by atoms with Gasteiger partial charge in [-0.15, -0.1) is 0 Å². The van der Waals surface area contributed by atoms with Gasteiger partial charge >= 0.3 is 0 Å². The summed E-state index contributed by atoms with van der Waals surface area (Å²) in [7, 11) is 0. The van der Waals surface area contributed by atoms with E-state index in [0.717, 1.165) is 44.6 Å². The van der Waals surface area contributed by atoms with Gasteiger partial charge in [-0.25, -0.2) is 4.98 Å². The minimum atomic E-state index is -0.371. The van der Waals surface area contributed by atoms with E-state index in [1.165, 1.54) is 24.9 Å². The number of fused-ring (bicyclic) bond motifs is 1. The van der Waals surface area contributed by atoms with Gasteiger partial charge in [-0.3, -0.25) is 4.79 Å². The first-order valence-corrected chi connectivity index (χ1v) is 11.0. The molecule has 0 radical (unpaired) electrons. The van der Waals surface area contributed by atoms with E-state index >= 15 is 0 Å². The number of hydrogen-bond donors (Lipinski definition) is 1. The van der Waals surface area contributed by atoms with Crippen molar-refractivity contribution in [2.75, 3.05) is 31.1 Å². The summed E-state index contributed by atoms with van der Waals surface area (Å²) >= 11 is 0. The van der Waals surface area contributed by atoms with Crippen LogP contribution in [0.25, 0.3) is 0 Å². The molecule has 6 heteroatoms. The first kappa shape index (κ1) is 18.7. The predicted molar refractivity (Wildman–Crippen MR) is 112 cm³/mol. The van der Waals surface area contributed by atoms with Crippen molar-refractivity contribution in [3.8, 4) is 0 Å². The molecule has 5 rings (SSSR count). The summed E-state index contributed by atoms with van der Waals surface area (Å²) in [6.45, 7) is 3.77. The molecule has 3 aliphatic rings. The minimum absolute atomic E-state index is 0.0672. The number of anilines is 1. The molecule has 2 saturated heterocycles. The number of aliphatic hydroxyl groups excluding tert-OH is 1. The summed E-state index contributed by atoms with van der Waals surface area (Å²) in [5.41, 5.74) is 2.00. The number of amides is 1. The zero-order chi connectivity index (χ0) is 19.8. The van der Waals surface area contributed by atoms with Gasteiger partial charge in [0, 0.05) is 49.8 Å². The standard InChI is InChI=1S/C23H30N4O2/c28-22-13-19-15-27(14-18(19)12-21(22)26-11-8-24-16-26)23(29)17-4-6-20(7-5-17)25-9-2-1-3-10-25/h4-8,11,16,18-19,21-22,28H,1-3,9-10,12-15H2/t18-,19+,21-,22-/m1/s1. The number of aliphatic hydroxyl groups is 1. The van der Waals surface area contributed by atoms with Crippen molar-refractivity contribution >= 4 is 11.6 Å². The van der Waals surface area contributed by atoms with Crippen LogP contribution >= 0.6 is 0 Å². The number of hydrogen-bond acceptors (Lipinski definition) is 4. The maximum Gasteiger partial charge on any atom is 0.253 e. The molecule has 1 aromatic carbocycles. The van der Waals surface area contributed by atoms with E-state index in [4.69, 9.17) is 0 Å².